The van der Waals surface area contributed by atoms with Gasteiger partial charge in [0.2, 0.25) is 10.7 Å². The van der Waals surface area contributed by atoms with Crippen LogP contribution in [0.5, 0.6) is 28.7 Å². The highest BCUT2D eigenvalue weighted by atomic mass is 28.4. The first-order chi connectivity index (χ1) is 71.3. The maximum Gasteiger partial charge on any atom is 0.500 e. The molecule has 0 fully saturated rings. The number of carbonyl (C=O) groups excluding carboxylic acids is 5. The molecular formula is C110H159N7O27Si3+2. The Balaban J connectivity index is 0.000000179. The standard InChI is InChI=1S/2C33H30N2O5.3C12H27NO5Si.C8H16O2/c36-18-39-21-9-10-22(25(17-21)33(37)38)28-26-15-19-5-1-11-34-13-3-7-23(29(19)34)31(26)40-32-24-8-4-14-35-12-2-6-20(30(24)35)16-27(28)32;36-32(37)20-9-10-21(24(17-20)33(38)39)27-25-15-18-5-1-11-34-13-3-7-22(28(18)34)30(25)40-31-23-8-4-14-35-12-2-6-19(29(23)35)16-26(27)31;3*1-5-15-12(14)13-10-9-11-19(16-6-2,17-7-3)18-8-4;1-3-5-6-7-8(9)10-4-2/h9-10,15-18H,1-8,11-14H2;9-10,15-17H,1-8,11-14H2,(H-,36,37,38,39);3*5-11H2,1-4H3,(H,13,14);3-7H2,1-2H3/p+2. The summed E-state index contributed by atoms with van der Waals surface area (Å²) < 4.78 is 94.7. The van der Waals surface area contributed by atoms with E-state index < -0.39 is 44.3 Å². The third-order valence-electron chi connectivity index (χ3n) is 27.0. The number of carboxylic acids is 3. The van der Waals surface area contributed by atoms with Gasteiger partial charge < -0.3 is 114 Å². The minimum atomic E-state index is -2.58. The van der Waals surface area contributed by atoms with Crippen LogP contribution in [0.1, 0.15) is 291 Å². The van der Waals surface area contributed by atoms with Crippen LogP contribution >= 0.6 is 0 Å². The molecule has 0 saturated carbocycles. The van der Waals surface area contributed by atoms with Crippen LogP contribution in [0.25, 0.3) is 11.1 Å². The lowest BCUT2D eigenvalue weighted by Crippen LogP contribution is -2.46. The molecule has 6 aromatic rings. The highest BCUT2D eigenvalue weighted by molar-refractivity contribution is 6.61. The zero-order chi connectivity index (χ0) is 106. The van der Waals surface area contributed by atoms with Crippen molar-refractivity contribution >= 4 is 97.6 Å². The quantitative estimate of drug-likeness (QED) is 0.00515. The van der Waals surface area contributed by atoms with Gasteiger partial charge in [0.05, 0.1) is 54.2 Å². The molecular weight excluding hydrogens is 1940 g/mol. The Kier molecular flexibility index (Phi) is 46.4. The Morgan fingerprint density at radius 2 is 0.714 bits per heavy atom. The van der Waals surface area contributed by atoms with Crippen LogP contribution in [0.15, 0.2) is 60.7 Å². The summed E-state index contributed by atoms with van der Waals surface area (Å²) in [7, 11) is -7.73. The van der Waals surface area contributed by atoms with Crippen LogP contribution in [0.2, 0.25) is 18.1 Å². The number of anilines is 2. The zero-order valence-corrected chi connectivity index (χ0v) is 92.1. The number of esters is 1. The van der Waals surface area contributed by atoms with Gasteiger partial charge in [-0.3, -0.25) is 9.59 Å². The number of aromatic carboxylic acids is 3. The predicted octanol–water partition coefficient (Wildman–Crippen LogP) is 15.5. The average Bonchev–Trinajstić information content (AvgIpc) is 0.710. The van der Waals surface area contributed by atoms with Crippen LogP contribution < -0.4 is 70.3 Å². The van der Waals surface area contributed by atoms with Gasteiger partial charge in [-0.1, -0.05) is 25.8 Å². The Morgan fingerprint density at radius 3 is 1.06 bits per heavy atom. The van der Waals surface area contributed by atoms with E-state index in [1.807, 2.05) is 69.2 Å². The molecule has 0 saturated heterocycles. The van der Waals surface area contributed by atoms with E-state index in [0.717, 1.165) is 249 Å². The highest BCUT2D eigenvalue weighted by Gasteiger charge is 2.45. The molecule has 0 spiro atoms. The van der Waals surface area contributed by atoms with Crippen molar-refractivity contribution in [1.29, 1.82) is 0 Å². The second kappa shape index (κ2) is 58.5. The summed E-state index contributed by atoms with van der Waals surface area (Å²) in [5.74, 6) is 0.339. The molecule has 3 amide bonds. The lowest BCUT2D eigenvalue weighted by molar-refractivity contribution is -0.143. The lowest BCUT2D eigenvalue weighted by atomic mass is 9.81. The van der Waals surface area contributed by atoms with E-state index in [1.54, 1.807) is 39.0 Å². The maximum absolute atomic E-state index is 12.7. The molecule has 16 rings (SSSR count). The number of hydrogen-bond acceptors (Lipinski definition) is 26. The van der Waals surface area contributed by atoms with Gasteiger partial charge >= 0.3 is 68.6 Å². The fourth-order valence-corrected chi connectivity index (χ4v) is 29.4. The largest absolute Gasteiger partial charge is 0.500 e. The first-order valence-corrected chi connectivity index (χ1v) is 59.7. The molecule has 37 heteroatoms. The van der Waals surface area contributed by atoms with Crippen LogP contribution in [0.3, 0.4) is 0 Å². The normalized spacial score (nSPS) is 15.0. The predicted molar refractivity (Wildman–Crippen MR) is 567 cm³/mol. The summed E-state index contributed by atoms with van der Waals surface area (Å²) in [5.41, 5.74) is 17.9. The third kappa shape index (κ3) is 30.0. The zero-order valence-electron chi connectivity index (χ0n) is 89.1. The highest BCUT2D eigenvalue weighted by Crippen LogP contribution is 2.52. The maximum atomic E-state index is 12.7. The SMILES string of the molecule is CCCCCC(=O)OCC.CCOC(=O)NCCC[Si](OCC)(OCC)OCC.CCOC(=O)NCCC[Si](OCC)(OCC)OCC.CCOC(=O)NCCC[Si](OCC)(OCC)OCC.O=C(O)c1ccc(C2=c3cc4c5c(c3Oc3c2cc2c6c3CCCN6CCC2)CCC[N+]=5CCC4)c(C(=O)O)c1.O=COc1ccc(C2=c3cc4c5c(c3Oc3c2cc2c6c3CCCN6CCC2)CCC[N+]=5CCC4)c(C(=O)O)c1. The van der Waals surface area contributed by atoms with Crippen LogP contribution in [-0.4, -0.2) is 248 Å². The number of aryl methyl sites for hydroxylation is 4. The van der Waals surface area contributed by atoms with E-state index in [1.165, 1.54) is 84.8 Å². The van der Waals surface area contributed by atoms with Crippen molar-refractivity contribution in [3.8, 4) is 28.7 Å². The van der Waals surface area contributed by atoms with E-state index in [-0.39, 0.29) is 46.7 Å². The van der Waals surface area contributed by atoms with Crippen molar-refractivity contribution in [3.63, 3.8) is 0 Å². The molecule has 10 aliphatic rings. The number of ether oxygens (including phenoxy) is 7. The number of carboxylic acid groups (broad SMARTS) is 3. The minimum absolute atomic E-state index is 0.00897. The number of amides is 3. The summed E-state index contributed by atoms with van der Waals surface area (Å²) in [6.45, 7) is 43.8. The van der Waals surface area contributed by atoms with E-state index in [9.17, 15) is 53.7 Å². The van der Waals surface area contributed by atoms with Crippen LogP contribution in [0.4, 0.5) is 25.8 Å². The van der Waals surface area contributed by atoms with Crippen molar-refractivity contribution in [2.45, 2.75) is 263 Å². The smallest absolute Gasteiger partial charge is 0.478 e. The second-order valence-electron chi connectivity index (χ2n) is 36.7. The van der Waals surface area contributed by atoms with Crippen molar-refractivity contribution in [2.75, 3.05) is 168 Å². The van der Waals surface area contributed by atoms with Crippen molar-refractivity contribution < 1.29 is 127 Å². The van der Waals surface area contributed by atoms with E-state index >= 15 is 0 Å². The fraction of sp³-hybridized carbons (Fsp3) is 0.582. The van der Waals surface area contributed by atoms with Gasteiger partial charge in [0.25, 0.3) is 6.47 Å². The molecule has 34 nitrogen and oxygen atoms in total. The molecule has 0 atom stereocenters. The summed E-state index contributed by atoms with van der Waals surface area (Å²) >= 11 is 0. The Bertz CT molecular complexity index is 5620. The Hall–Kier alpha value is -10.7. The van der Waals surface area contributed by atoms with E-state index in [2.05, 4.69) is 66.1 Å². The Labute approximate surface area is 868 Å². The summed E-state index contributed by atoms with van der Waals surface area (Å²) in [6.07, 6.45) is 21.4. The number of hydrogen-bond donors (Lipinski definition) is 6. The number of benzene rings is 6. The fourth-order valence-electron chi connectivity index (χ4n) is 21.5. The molecule has 6 aromatic carbocycles. The molecule has 0 radical (unpaired) electrons. The number of nitrogens with one attached hydrogen (secondary N) is 3. The summed E-state index contributed by atoms with van der Waals surface area (Å²) in [5, 5.41) is 42.9. The molecule has 0 bridgehead atoms. The molecule has 0 aromatic heterocycles. The van der Waals surface area contributed by atoms with Crippen molar-refractivity contribution in [1.82, 2.24) is 25.1 Å². The van der Waals surface area contributed by atoms with Gasteiger partial charge in [-0.25, -0.2) is 37.9 Å². The number of nitrogens with zero attached hydrogens (tertiary/aromatic N) is 4. The number of rotatable bonds is 45. The van der Waals surface area contributed by atoms with Crippen LogP contribution in [-0.2, 0) is 120 Å². The van der Waals surface area contributed by atoms with Gasteiger partial charge in [-0.15, -0.1) is 0 Å². The van der Waals surface area contributed by atoms with E-state index in [4.69, 9.17) is 73.0 Å². The van der Waals surface area contributed by atoms with Gasteiger partial charge in [0, 0.05) is 222 Å². The number of fused-ring (bicyclic) bond motifs is 8. The molecule has 147 heavy (non-hydrogen) atoms. The summed E-state index contributed by atoms with van der Waals surface area (Å²) in [4.78, 5) is 97.2. The number of unbranched alkanes of at least 4 members (excludes halogenated alkanes) is 2. The molecule has 10 aliphatic heterocycles. The minimum Gasteiger partial charge on any atom is -0.478 e. The van der Waals surface area contributed by atoms with E-state index in [0.29, 0.717) is 148 Å². The van der Waals surface area contributed by atoms with Gasteiger partial charge in [0.1, 0.15) is 54.9 Å². The Morgan fingerprint density at radius 1 is 0.367 bits per heavy atom. The first-order valence-electron chi connectivity index (χ1n) is 53.9. The molecule has 0 aliphatic carbocycles. The number of carbonyl (C=O) groups is 8. The molecule has 0 unspecified atom stereocenters. The second-order valence-corrected chi connectivity index (χ2v) is 44.9. The molecule has 6 N–H and O–H groups in total. The van der Waals surface area contributed by atoms with Gasteiger partial charge in [-0.05, 0) is 270 Å². The number of alkyl carbamates (subject to hydrolysis) is 3. The summed E-state index contributed by atoms with van der Waals surface area (Å²) in [6, 6.07) is 20.5. The lowest BCUT2D eigenvalue weighted by Gasteiger charge is -2.39. The van der Waals surface area contributed by atoms with Crippen LogP contribution in [0, 0.1) is 0 Å². The molecule has 806 valence electrons. The monoisotopic (exact) mass is 2090 g/mol. The average molecular weight is 2100 g/mol. The third-order valence-corrected chi connectivity index (χ3v) is 36.5. The molecule has 10 heterocycles. The first kappa shape index (κ1) is 117. The van der Waals surface area contributed by atoms with Gasteiger partial charge in [0.15, 0.2) is 0 Å². The topological polar surface area (TPSA) is 394 Å². The van der Waals surface area contributed by atoms with Crippen molar-refractivity contribution in [2.24, 2.45) is 0 Å². The van der Waals surface area contributed by atoms with Gasteiger partial charge in [-0.2, -0.15) is 0 Å². The van der Waals surface area contributed by atoms with Crippen molar-refractivity contribution in [3.05, 3.63) is 165 Å².